The van der Waals surface area contributed by atoms with Crippen molar-refractivity contribution in [3.8, 4) is 0 Å². The Morgan fingerprint density at radius 3 is 2.52 bits per heavy atom. The first-order valence-corrected chi connectivity index (χ1v) is 9.55. The molecule has 2 aromatic carbocycles. The zero-order valence-corrected chi connectivity index (χ0v) is 16.1. The number of rotatable bonds is 3. The van der Waals surface area contributed by atoms with Crippen molar-refractivity contribution >= 4 is 17.6 Å². The second kappa shape index (κ2) is 8.05. The summed E-state index contributed by atoms with van der Waals surface area (Å²) in [4.78, 5) is 29.6. The average Bonchev–Trinajstić information content (AvgIpc) is 2.74. The van der Waals surface area contributed by atoms with Gasteiger partial charge in [0.25, 0.3) is 5.91 Å². The topological polar surface area (TPSA) is 61.9 Å². The van der Waals surface area contributed by atoms with Crippen LogP contribution in [0.15, 0.2) is 65.9 Å². The van der Waals surface area contributed by atoms with Crippen LogP contribution in [0.4, 0.5) is 14.9 Å². The summed E-state index contributed by atoms with van der Waals surface area (Å²) in [6, 6.07) is 14.0. The van der Waals surface area contributed by atoms with E-state index in [1.807, 2.05) is 30.3 Å². The lowest BCUT2D eigenvalue weighted by Crippen LogP contribution is -2.51. The maximum Gasteiger partial charge on any atom is 0.326 e. The van der Waals surface area contributed by atoms with Crippen molar-refractivity contribution in [1.29, 1.82) is 0 Å². The first kappa shape index (κ1) is 19.1. The van der Waals surface area contributed by atoms with Crippen molar-refractivity contribution in [3.05, 3.63) is 77.2 Å². The third-order valence-corrected chi connectivity index (χ3v) is 5.21. The highest BCUT2D eigenvalue weighted by Crippen LogP contribution is 2.34. The predicted octanol–water partition coefficient (Wildman–Crippen LogP) is 3.23. The molecule has 2 aromatic rings. The minimum absolute atomic E-state index is 0.180. The monoisotopic (exact) mass is 395 g/mol. The van der Waals surface area contributed by atoms with Gasteiger partial charge >= 0.3 is 6.03 Å². The minimum Gasteiger partial charge on any atom is -0.378 e. The smallest absolute Gasteiger partial charge is 0.326 e. The molecule has 0 aliphatic carbocycles. The summed E-state index contributed by atoms with van der Waals surface area (Å²) in [5.41, 5.74) is 2.15. The molecule has 1 fully saturated rings. The van der Waals surface area contributed by atoms with Crippen LogP contribution >= 0.6 is 0 Å². The number of hydrogen-bond acceptors (Lipinski definition) is 3. The Hall–Kier alpha value is -3.19. The second-order valence-corrected chi connectivity index (χ2v) is 7.01. The lowest BCUT2D eigenvalue weighted by molar-refractivity contribution is -0.131. The predicted molar refractivity (Wildman–Crippen MR) is 107 cm³/mol. The van der Waals surface area contributed by atoms with Crippen LogP contribution in [-0.4, -0.2) is 43.1 Å². The largest absolute Gasteiger partial charge is 0.378 e. The molecule has 1 saturated heterocycles. The van der Waals surface area contributed by atoms with Gasteiger partial charge in [-0.3, -0.25) is 9.69 Å². The Kier molecular flexibility index (Phi) is 5.31. The second-order valence-electron chi connectivity index (χ2n) is 7.01. The van der Waals surface area contributed by atoms with Crippen LogP contribution in [0.2, 0.25) is 0 Å². The number of nitrogens with zero attached hydrogens (tertiary/aromatic N) is 2. The standard InChI is InChI=1S/C22H22FN3O3/c1-15-19(21(27)25-10-12-29-13-11-25)20(16-6-5-7-17(23)14-16)24-22(28)26(15)18-8-3-2-4-9-18/h2-9,14,20H,10-13H2,1H3,(H,24,28)/t20-/m0/s1. The van der Waals surface area contributed by atoms with E-state index in [4.69, 9.17) is 4.74 Å². The molecular formula is C22H22FN3O3. The van der Waals surface area contributed by atoms with E-state index in [1.54, 1.807) is 24.0 Å². The number of anilines is 1. The highest BCUT2D eigenvalue weighted by atomic mass is 19.1. The van der Waals surface area contributed by atoms with Gasteiger partial charge in [-0.25, -0.2) is 9.18 Å². The third kappa shape index (κ3) is 3.73. The molecule has 29 heavy (non-hydrogen) atoms. The lowest BCUT2D eigenvalue weighted by Gasteiger charge is -2.38. The van der Waals surface area contributed by atoms with Gasteiger partial charge < -0.3 is 15.0 Å². The van der Waals surface area contributed by atoms with Crippen molar-refractivity contribution in [2.24, 2.45) is 0 Å². The molecular weight excluding hydrogens is 373 g/mol. The van der Waals surface area contributed by atoms with E-state index in [2.05, 4.69) is 5.32 Å². The van der Waals surface area contributed by atoms with Gasteiger partial charge in [0, 0.05) is 18.8 Å². The molecule has 3 amide bonds. The van der Waals surface area contributed by atoms with E-state index in [9.17, 15) is 14.0 Å². The lowest BCUT2D eigenvalue weighted by atomic mass is 9.93. The Labute approximate surface area is 168 Å². The highest BCUT2D eigenvalue weighted by molar-refractivity contribution is 6.04. The Morgan fingerprint density at radius 2 is 1.83 bits per heavy atom. The van der Waals surface area contributed by atoms with Crippen molar-refractivity contribution < 1.29 is 18.7 Å². The van der Waals surface area contributed by atoms with E-state index in [-0.39, 0.29) is 11.9 Å². The molecule has 150 valence electrons. The maximum atomic E-state index is 13.9. The third-order valence-electron chi connectivity index (χ3n) is 5.21. The van der Waals surface area contributed by atoms with Crippen LogP contribution in [0.25, 0.3) is 0 Å². The van der Waals surface area contributed by atoms with Crippen molar-refractivity contribution in [1.82, 2.24) is 10.2 Å². The molecule has 2 heterocycles. The Balaban J connectivity index is 1.82. The molecule has 0 bridgehead atoms. The van der Waals surface area contributed by atoms with Crippen LogP contribution in [0.3, 0.4) is 0 Å². The van der Waals surface area contributed by atoms with E-state index < -0.39 is 11.9 Å². The maximum absolute atomic E-state index is 13.9. The number of morpholine rings is 1. The van der Waals surface area contributed by atoms with Gasteiger partial charge in [0.1, 0.15) is 5.82 Å². The number of halogens is 1. The number of nitrogens with one attached hydrogen (secondary N) is 1. The SMILES string of the molecule is CC1=C(C(=O)N2CCOCC2)[C@H](c2cccc(F)c2)NC(=O)N1c1ccccc1. The normalized spacial score (nSPS) is 19.9. The fourth-order valence-corrected chi connectivity index (χ4v) is 3.78. The summed E-state index contributed by atoms with van der Waals surface area (Å²) >= 11 is 0. The molecule has 7 heteroatoms. The fraction of sp³-hybridized carbons (Fsp3) is 0.273. The van der Waals surface area contributed by atoms with Gasteiger partial charge in [0.15, 0.2) is 0 Å². The van der Waals surface area contributed by atoms with Crippen molar-refractivity contribution in [2.45, 2.75) is 13.0 Å². The molecule has 0 radical (unpaired) electrons. The molecule has 0 aromatic heterocycles. The number of carbonyl (C=O) groups excluding carboxylic acids is 2. The van der Waals surface area contributed by atoms with Crippen LogP contribution in [0, 0.1) is 5.82 Å². The van der Waals surface area contributed by atoms with Gasteiger partial charge in [-0.05, 0) is 36.8 Å². The molecule has 6 nitrogen and oxygen atoms in total. The molecule has 1 atom stereocenters. The van der Waals surface area contributed by atoms with Gasteiger partial charge in [-0.2, -0.15) is 0 Å². The van der Waals surface area contributed by atoms with Gasteiger partial charge in [0.2, 0.25) is 0 Å². The summed E-state index contributed by atoms with van der Waals surface area (Å²) in [7, 11) is 0. The van der Waals surface area contributed by atoms with Crippen LogP contribution in [0.1, 0.15) is 18.5 Å². The number of benzene rings is 2. The molecule has 0 spiro atoms. The average molecular weight is 395 g/mol. The summed E-state index contributed by atoms with van der Waals surface area (Å²) in [5.74, 6) is -0.598. The number of amides is 3. The van der Waals surface area contributed by atoms with E-state index in [0.717, 1.165) is 0 Å². The summed E-state index contributed by atoms with van der Waals surface area (Å²) in [6.07, 6.45) is 0. The van der Waals surface area contributed by atoms with Crippen LogP contribution in [0.5, 0.6) is 0 Å². The quantitative estimate of drug-likeness (QED) is 0.868. The Morgan fingerprint density at radius 1 is 1.10 bits per heavy atom. The van der Waals surface area contributed by atoms with E-state index in [0.29, 0.717) is 48.8 Å². The van der Waals surface area contributed by atoms with Gasteiger partial charge in [-0.1, -0.05) is 30.3 Å². The molecule has 2 aliphatic rings. The minimum atomic E-state index is -0.728. The van der Waals surface area contributed by atoms with Gasteiger partial charge in [-0.15, -0.1) is 0 Å². The number of allylic oxidation sites excluding steroid dienone is 1. The van der Waals surface area contributed by atoms with Crippen LogP contribution < -0.4 is 10.2 Å². The molecule has 2 aliphatic heterocycles. The Bertz CT molecular complexity index is 955. The number of urea groups is 1. The first-order chi connectivity index (χ1) is 14.1. The summed E-state index contributed by atoms with van der Waals surface area (Å²) in [5, 5.41) is 2.89. The van der Waals surface area contributed by atoms with E-state index >= 15 is 0 Å². The zero-order chi connectivity index (χ0) is 20.4. The number of carbonyl (C=O) groups is 2. The molecule has 4 rings (SSSR count). The molecule has 0 saturated carbocycles. The molecule has 0 unspecified atom stereocenters. The zero-order valence-electron chi connectivity index (χ0n) is 16.1. The number of hydrogen-bond donors (Lipinski definition) is 1. The van der Waals surface area contributed by atoms with E-state index in [1.165, 1.54) is 17.0 Å². The van der Waals surface area contributed by atoms with Crippen molar-refractivity contribution in [3.63, 3.8) is 0 Å². The van der Waals surface area contributed by atoms with Crippen molar-refractivity contribution in [2.75, 3.05) is 31.2 Å². The first-order valence-electron chi connectivity index (χ1n) is 9.55. The van der Waals surface area contributed by atoms with Gasteiger partial charge in [0.05, 0.1) is 30.5 Å². The number of ether oxygens (including phenoxy) is 1. The fourth-order valence-electron chi connectivity index (χ4n) is 3.78. The highest BCUT2D eigenvalue weighted by Gasteiger charge is 2.38. The summed E-state index contributed by atoms with van der Waals surface area (Å²) in [6.45, 7) is 3.65. The molecule has 1 N–H and O–H groups in total. The van der Waals surface area contributed by atoms with Crippen LogP contribution in [-0.2, 0) is 9.53 Å². The number of para-hydroxylation sites is 1. The summed E-state index contributed by atoms with van der Waals surface area (Å²) < 4.78 is 19.2.